The van der Waals surface area contributed by atoms with E-state index in [2.05, 4.69) is 45.9 Å². The Balaban J connectivity index is 2.43. The molecule has 5 nitrogen and oxygen atoms in total. The van der Waals surface area contributed by atoms with Crippen molar-refractivity contribution in [2.24, 2.45) is 22.2 Å². The standard InChI is InChI=1S/C43H58O5/c1-28(2)14-11-16-32(9)19-20-34-27-42(24-21-30(5)6)38(46)36(37(45)33-17-12-18-35(44)26-33)39(47)43(40(42)48,25-22-31(7)8)41(34,10)23-13-15-29(3)4/h12,14-15,17-19,21-22,26,34,44-45H,11,13,16,20,23-25,27H2,1-10H3/b32-19+,37-36?/t34-,41+,42+,43-/m1/s1. The molecule has 2 aliphatic rings. The Morgan fingerprint density at radius 2 is 1.38 bits per heavy atom. The largest absolute Gasteiger partial charge is 0.508 e. The van der Waals surface area contributed by atoms with Crippen LogP contribution < -0.4 is 0 Å². The van der Waals surface area contributed by atoms with Crippen LogP contribution in [0.4, 0.5) is 0 Å². The highest BCUT2D eigenvalue weighted by atomic mass is 16.3. The first-order valence-electron chi connectivity index (χ1n) is 17.5. The lowest BCUT2D eigenvalue weighted by molar-refractivity contribution is -0.178. The number of allylic oxidation sites excluding steroid dienone is 11. The number of carbonyl (C=O) groups excluding carboxylic acids is 3. The van der Waals surface area contributed by atoms with Crippen LogP contribution in [-0.2, 0) is 14.4 Å². The van der Waals surface area contributed by atoms with Gasteiger partial charge in [-0.3, -0.25) is 14.4 Å². The van der Waals surface area contributed by atoms with Crippen LogP contribution in [0.5, 0.6) is 5.75 Å². The number of carbonyl (C=O) groups is 3. The summed E-state index contributed by atoms with van der Waals surface area (Å²) in [5.41, 5.74) is 1.60. The molecule has 4 atom stereocenters. The monoisotopic (exact) mass is 654 g/mol. The van der Waals surface area contributed by atoms with E-state index >= 15 is 9.59 Å². The van der Waals surface area contributed by atoms with Gasteiger partial charge in [-0.25, -0.2) is 0 Å². The Kier molecular flexibility index (Phi) is 12.6. The molecule has 2 fully saturated rings. The van der Waals surface area contributed by atoms with Gasteiger partial charge >= 0.3 is 0 Å². The van der Waals surface area contributed by atoms with Gasteiger partial charge in [0.2, 0.25) is 0 Å². The Hall–Kier alpha value is -3.73. The fourth-order valence-corrected chi connectivity index (χ4v) is 7.76. The SMILES string of the molecule is CC(C)=CCC/C(C)=C/C[C@@H]1C[C@@]2(CC=C(C)C)C(=O)C(=C(O)c3cccc(O)c3)C(=O)[C@](CC=C(C)C)(C2=O)[C@@]1(C)CCC=C(C)C. The molecule has 48 heavy (non-hydrogen) atoms. The second-order valence-electron chi connectivity index (χ2n) is 15.5. The first-order valence-corrected chi connectivity index (χ1v) is 17.5. The van der Waals surface area contributed by atoms with E-state index in [0.29, 0.717) is 19.3 Å². The quantitative estimate of drug-likeness (QED) is 0.0726. The van der Waals surface area contributed by atoms with E-state index in [4.69, 9.17) is 0 Å². The molecule has 2 N–H and O–H groups in total. The molecule has 2 bridgehead atoms. The number of aromatic hydroxyl groups is 1. The second-order valence-corrected chi connectivity index (χ2v) is 15.5. The van der Waals surface area contributed by atoms with Crippen LogP contribution in [0.2, 0.25) is 0 Å². The number of aliphatic hydroxyl groups is 1. The molecule has 0 unspecified atom stereocenters. The minimum absolute atomic E-state index is 0.0940. The molecular formula is C43H58O5. The molecule has 260 valence electrons. The minimum Gasteiger partial charge on any atom is -0.508 e. The third kappa shape index (κ3) is 7.77. The van der Waals surface area contributed by atoms with E-state index in [1.165, 1.54) is 23.3 Å². The molecule has 2 aliphatic carbocycles. The van der Waals surface area contributed by atoms with E-state index in [0.717, 1.165) is 29.6 Å². The topological polar surface area (TPSA) is 91.7 Å². The van der Waals surface area contributed by atoms with E-state index in [1.54, 1.807) is 12.1 Å². The average molecular weight is 655 g/mol. The number of Topliss-reactive ketones (excluding diaryl/α,β-unsaturated/α-hetero) is 3. The zero-order chi connectivity index (χ0) is 36.0. The molecule has 1 aromatic rings. The van der Waals surface area contributed by atoms with Crippen molar-refractivity contribution < 1.29 is 24.6 Å². The summed E-state index contributed by atoms with van der Waals surface area (Å²) in [5, 5.41) is 22.0. The zero-order valence-electron chi connectivity index (χ0n) is 31.0. The Labute approximate surface area is 289 Å². The first-order chi connectivity index (χ1) is 22.4. The predicted octanol–water partition coefficient (Wildman–Crippen LogP) is 10.9. The third-order valence-corrected chi connectivity index (χ3v) is 10.7. The van der Waals surface area contributed by atoms with Crippen molar-refractivity contribution in [2.75, 3.05) is 0 Å². The molecule has 0 aromatic heterocycles. The summed E-state index contributed by atoms with van der Waals surface area (Å²) in [6.45, 7) is 20.3. The molecule has 0 spiro atoms. The number of rotatable bonds is 13. The van der Waals surface area contributed by atoms with Crippen molar-refractivity contribution in [3.05, 3.63) is 93.6 Å². The van der Waals surface area contributed by atoms with Crippen molar-refractivity contribution in [1.29, 1.82) is 0 Å². The lowest BCUT2D eigenvalue weighted by atomic mass is 9.37. The number of hydrogen-bond donors (Lipinski definition) is 2. The third-order valence-electron chi connectivity index (χ3n) is 10.7. The Morgan fingerprint density at radius 3 is 1.96 bits per heavy atom. The van der Waals surface area contributed by atoms with Gasteiger partial charge in [-0.15, -0.1) is 0 Å². The molecule has 0 radical (unpaired) electrons. The summed E-state index contributed by atoms with van der Waals surface area (Å²) in [6.07, 6.45) is 14.9. The molecule has 2 saturated carbocycles. The lowest BCUT2D eigenvalue weighted by Crippen LogP contribution is -2.70. The van der Waals surface area contributed by atoms with Gasteiger partial charge in [0.1, 0.15) is 22.5 Å². The van der Waals surface area contributed by atoms with E-state index in [1.807, 2.05) is 53.7 Å². The molecule has 5 heteroatoms. The highest BCUT2D eigenvalue weighted by molar-refractivity contribution is 6.41. The average Bonchev–Trinajstić information content (AvgIpc) is 2.99. The molecule has 0 heterocycles. The van der Waals surface area contributed by atoms with Crippen LogP contribution in [-0.4, -0.2) is 27.6 Å². The van der Waals surface area contributed by atoms with Crippen LogP contribution in [0.3, 0.4) is 0 Å². The van der Waals surface area contributed by atoms with Gasteiger partial charge in [-0.1, -0.05) is 77.3 Å². The molecule has 0 saturated heterocycles. The number of phenols is 1. The molecular weight excluding hydrogens is 596 g/mol. The van der Waals surface area contributed by atoms with Crippen LogP contribution in [0.1, 0.15) is 126 Å². The number of hydrogen-bond acceptors (Lipinski definition) is 5. The Morgan fingerprint density at radius 1 is 0.792 bits per heavy atom. The highest BCUT2D eigenvalue weighted by Gasteiger charge is 2.74. The van der Waals surface area contributed by atoms with Gasteiger partial charge in [0.05, 0.1) is 5.41 Å². The molecule has 0 amide bonds. The summed E-state index contributed by atoms with van der Waals surface area (Å²) in [4.78, 5) is 45.5. The highest BCUT2D eigenvalue weighted by Crippen LogP contribution is 2.67. The van der Waals surface area contributed by atoms with Crippen LogP contribution in [0, 0.1) is 22.2 Å². The van der Waals surface area contributed by atoms with Gasteiger partial charge in [0, 0.05) is 5.56 Å². The first kappa shape index (κ1) is 38.7. The summed E-state index contributed by atoms with van der Waals surface area (Å²) in [6, 6.07) is 5.95. The second kappa shape index (κ2) is 15.7. The van der Waals surface area contributed by atoms with Gasteiger partial charge < -0.3 is 10.2 Å². The maximum absolute atomic E-state index is 15.4. The lowest BCUT2D eigenvalue weighted by Gasteiger charge is -2.61. The van der Waals surface area contributed by atoms with E-state index in [9.17, 15) is 15.0 Å². The minimum atomic E-state index is -1.57. The van der Waals surface area contributed by atoms with Crippen LogP contribution in [0.15, 0.2) is 88.1 Å². The van der Waals surface area contributed by atoms with Crippen molar-refractivity contribution in [2.45, 2.75) is 121 Å². The van der Waals surface area contributed by atoms with Gasteiger partial charge in [-0.05, 0) is 137 Å². The van der Waals surface area contributed by atoms with E-state index in [-0.39, 0.29) is 47.8 Å². The number of benzene rings is 1. The molecule has 1 aromatic carbocycles. The van der Waals surface area contributed by atoms with Crippen molar-refractivity contribution in [3.63, 3.8) is 0 Å². The van der Waals surface area contributed by atoms with Gasteiger partial charge in [0.25, 0.3) is 0 Å². The fourth-order valence-electron chi connectivity index (χ4n) is 7.76. The molecule has 0 aliphatic heterocycles. The predicted molar refractivity (Wildman–Crippen MR) is 198 cm³/mol. The van der Waals surface area contributed by atoms with Crippen LogP contribution in [0.25, 0.3) is 5.76 Å². The summed E-state index contributed by atoms with van der Waals surface area (Å²) in [7, 11) is 0. The van der Waals surface area contributed by atoms with Crippen molar-refractivity contribution >= 4 is 23.1 Å². The maximum Gasteiger partial charge on any atom is 0.184 e. The molecule has 3 rings (SSSR count). The number of aliphatic hydroxyl groups excluding tert-OH is 1. The van der Waals surface area contributed by atoms with E-state index < -0.39 is 33.6 Å². The smallest absolute Gasteiger partial charge is 0.184 e. The zero-order valence-corrected chi connectivity index (χ0v) is 31.0. The summed E-state index contributed by atoms with van der Waals surface area (Å²) < 4.78 is 0. The fraction of sp³-hybridized carbons (Fsp3) is 0.512. The normalized spacial score (nSPS) is 26.5. The number of phenolic OH excluding ortho intramolecular Hbond substituents is 1. The van der Waals surface area contributed by atoms with Crippen LogP contribution >= 0.6 is 0 Å². The summed E-state index contributed by atoms with van der Waals surface area (Å²) >= 11 is 0. The Bertz CT molecular complexity index is 1590. The van der Waals surface area contributed by atoms with Crippen molar-refractivity contribution in [1.82, 2.24) is 0 Å². The number of fused-ring (bicyclic) bond motifs is 2. The van der Waals surface area contributed by atoms with Gasteiger partial charge in [0.15, 0.2) is 17.3 Å². The maximum atomic E-state index is 15.4. The van der Waals surface area contributed by atoms with Crippen molar-refractivity contribution in [3.8, 4) is 5.75 Å². The summed E-state index contributed by atoms with van der Waals surface area (Å²) in [5.74, 6) is -2.23. The number of ketones is 3. The van der Waals surface area contributed by atoms with Gasteiger partial charge in [-0.2, -0.15) is 0 Å².